The zero-order valence-electron chi connectivity index (χ0n) is 17.1. The van der Waals surface area contributed by atoms with Gasteiger partial charge in [-0.05, 0) is 47.7 Å². The Kier molecular flexibility index (Phi) is 8.99. The molecule has 29 heavy (non-hydrogen) atoms. The molecule has 0 saturated carbocycles. The number of rotatable bonds is 9. The van der Waals surface area contributed by atoms with Gasteiger partial charge in [0.25, 0.3) is 0 Å². The lowest BCUT2D eigenvalue weighted by atomic mass is 10.1. The predicted molar refractivity (Wildman–Crippen MR) is 119 cm³/mol. The number of hydrogen-bond donors (Lipinski definition) is 1. The molecule has 0 unspecified atom stereocenters. The van der Waals surface area contributed by atoms with Crippen molar-refractivity contribution in [1.82, 2.24) is 10.2 Å². The monoisotopic (exact) mass is 434 g/mol. The molecule has 2 aromatic rings. The van der Waals surface area contributed by atoms with E-state index in [0.29, 0.717) is 35.5 Å². The highest BCUT2D eigenvalue weighted by atomic mass is 35.5. The van der Waals surface area contributed by atoms with E-state index >= 15 is 0 Å². The molecule has 0 saturated heterocycles. The van der Waals surface area contributed by atoms with Crippen molar-refractivity contribution in [3.8, 4) is 0 Å². The smallest absolute Gasteiger partial charge is 0.242 e. The summed E-state index contributed by atoms with van der Waals surface area (Å²) in [5, 5.41) is 4.22. The summed E-state index contributed by atoms with van der Waals surface area (Å²) in [5.74, 6) is 0.111. The minimum absolute atomic E-state index is 0.103. The van der Waals surface area contributed by atoms with Crippen LogP contribution in [0.3, 0.4) is 0 Å². The molecule has 4 nitrogen and oxygen atoms in total. The van der Waals surface area contributed by atoms with Crippen LogP contribution in [0.5, 0.6) is 0 Å². The Balaban J connectivity index is 2.24. The maximum absolute atomic E-state index is 13.2. The van der Waals surface area contributed by atoms with E-state index in [1.807, 2.05) is 45.0 Å². The van der Waals surface area contributed by atoms with E-state index in [2.05, 4.69) is 5.32 Å². The average molecular weight is 435 g/mol. The standard InChI is InChI=1S/C23H28Cl2N2O2/c1-4-21(23(29)26-14-16(2)3)27(15-18-7-11-20(25)12-8-18)22(28)13-17-5-9-19(24)10-6-17/h5-12,16,21H,4,13-15H2,1-3H3,(H,26,29)/t21-/m0/s1. The van der Waals surface area contributed by atoms with Crippen LogP contribution in [0, 0.1) is 5.92 Å². The average Bonchev–Trinajstić information content (AvgIpc) is 2.69. The molecule has 2 aromatic carbocycles. The highest BCUT2D eigenvalue weighted by Gasteiger charge is 2.28. The van der Waals surface area contributed by atoms with Gasteiger partial charge < -0.3 is 10.2 Å². The summed E-state index contributed by atoms with van der Waals surface area (Å²) in [6.45, 7) is 6.92. The van der Waals surface area contributed by atoms with Crippen molar-refractivity contribution in [2.75, 3.05) is 6.54 Å². The largest absolute Gasteiger partial charge is 0.354 e. The number of carbonyl (C=O) groups is 2. The number of nitrogens with one attached hydrogen (secondary N) is 1. The lowest BCUT2D eigenvalue weighted by molar-refractivity contribution is -0.141. The van der Waals surface area contributed by atoms with Crippen LogP contribution in [-0.2, 0) is 22.6 Å². The van der Waals surface area contributed by atoms with E-state index in [1.165, 1.54) is 0 Å². The summed E-state index contributed by atoms with van der Waals surface area (Å²) < 4.78 is 0. The van der Waals surface area contributed by atoms with Crippen LogP contribution in [0.15, 0.2) is 48.5 Å². The van der Waals surface area contributed by atoms with Gasteiger partial charge in [-0.2, -0.15) is 0 Å². The highest BCUT2D eigenvalue weighted by Crippen LogP contribution is 2.17. The Morgan fingerprint density at radius 2 is 1.45 bits per heavy atom. The summed E-state index contributed by atoms with van der Waals surface area (Å²) in [5.41, 5.74) is 1.78. The van der Waals surface area contributed by atoms with Gasteiger partial charge in [0.05, 0.1) is 6.42 Å². The Morgan fingerprint density at radius 3 is 1.93 bits per heavy atom. The van der Waals surface area contributed by atoms with Gasteiger partial charge in [-0.25, -0.2) is 0 Å². The first-order chi connectivity index (χ1) is 13.8. The van der Waals surface area contributed by atoms with Crippen molar-refractivity contribution in [2.45, 2.75) is 46.2 Å². The van der Waals surface area contributed by atoms with Crippen LogP contribution in [0.25, 0.3) is 0 Å². The summed E-state index contributed by atoms with van der Waals surface area (Å²) in [6.07, 6.45) is 0.739. The number of amides is 2. The fraction of sp³-hybridized carbons (Fsp3) is 0.391. The van der Waals surface area contributed by atoms with Crippen molar-refractivity contribution in [3.63, 3.8) is 0 Å². The van der Waals surface area contributed by atoms with Crippen molar-refractivity contribution in [1.29, 1.82) is 0 Å². The molecule has 0 fully saturated rings. The molecular formula is C23H28Cl2N2O2. The van der Waals surface area contributed by atoms with Crippen LogP contribution in [0.2, 0.25) is 10.0 Å². The highest BCUT2D eigenvalue weighted by molar-refractivity contribution is 6.30. The van der Waals surface area contributed by atoms with E-state index < -0.39 is 6.04 Å². The van der Waals surface area contributed by atoms with Gasteiger partial charge in [0, 0.05) is 23.1 Å². The third kappa shape index (κ3) is 7.37. The first kappa shape index (κ1) is 23.2. The van der Waals surface area contributed by atoms with Gasteiger partial charge in [0.2, 0.25) is 11.8 Å². The predicted octanol–water partition coefficient (Wildman–Crippen LogP) is 5.12. The summed E-state index contributed by atoms with van der Waals surface area (Å²) in [4.78, 5) is 27.7. The zero-order valence-corrected chi connectivity index (χ0v) is 18.6. The Morgan fingerprint density at radius 1 is 0.931 bits per heavy atom. The SMILES string of the molecule is CC[C@@H](C(=O)NCC(C)C)N(Cc1ccc(Cl)cc1)C(=O)Cc1ccc(Cl)cc1. The second kappa shape index (κ2) is 11.2. The molecule has 0 heterocycles. The quantitative estimate of drug-likeness (QED) is 0.595. The summed E-state index contributed by atoms with van der Waals surface area (Å²) in [6, 6.07) is 14.0. The molecule has 1 atom stereocenters. The molecule has 0 bridgehead atoms. The van der Waals surface area contributed by atoms with Crippen molar-refractivity contribution < 1.29 is 9.59 Å². The number of nitrogens with zero attached hydrogens (tertiary/aromatic N) is 1. The molecule has 0 aliphatic rings. The first-order valence-corrected chi connectivity index (χ1v) is 10.6. The van der Waals surface area contributed by atoms with Gasteiger partial charge in [-0.3, -0.25) is 9.59 Å². The maximum Gasteiger partial charge on any atom is 0.242 e. The fourth-order valence-corrected chi connectivity index (χ4v) is 3.26. The molecular weight excluding hydrogens is 407 g/mol. The van der Waals surface area contributed by atoms with Crippen molar-refractivity contribution in [3.05, 3.63) is 69.7 Å². The number of benzene rings is 2. The van der Waals surface area contributed by atoms with Crippen LogP contribution in [-0.4, -0.2) is 29.3 Å². The van der Waals surface area contributed by atoms with E-state index in [9.17, 15) is 9.59 Å². The normalized spacial score (nSPS) is 11.9. The molecule has 0 aliphatic heterocycles. The first-order valence-electron chi connectivity index (χ1n) is 9.86. The van der Waals surface area contributed by atoms with Gasteiger partial charge in [0.1, 0.15) is 6.04 Å². The summed E-state index contributed by atoms with van der Waals surface area (Å²) >= 11 is 11.9. The maximum atomic E-state index is 13.2. The third-order valence-corrected chi connectivity index (χ3v) is 5.11. The topological polar surface area (TPSA) is 49.4 Å². The van der Waals surface area contributed by atoms with Crippen molar-refractivity contribution >= 4 is 35.0 Å². The minimum Gasteiger partial charge on any atom is -0.354 e. The van der Waals surface area contributed by atoms with E-state index in [1.54, 1.807) is 29.2 Å². The molecule has 1 N–H and O–H groups in total. The molecule has 2 rings (SSSR count). The summed E-state index contributed by atoms with van der Waals surface area (Å²) in [7, 11) is 0. The van der Waals surface area contributed by atoms with Crippen LogP contribution < -0.4 is 5.32 Å². The van der Waals surface area contributed by atoms with E-state index in [-0.39, 0.29) is 18.2 Å². The van der Waals surface area contributed by atoms with Crippen LogP contribution in [0.4, 0.5) is 0 Å². The zero-order chi connectivity index (χ0) is 21.4. The third-order valence-electron chi connectivity index (χ3n) is 4.61. The van der Waals surface area contributed by atoms with Gasteiger partial charge in [0.15, 0.2) is 0 Å². The lowest BCUT2D eigenvalue weighted by Gasteiger charge is -2.31. The Hall–Kier alpha value is -2.04. The Labute approximate surface area is 183 Å². The minimum atomic E-state index is -0.538. The molecule has 6 heteroatoms. The van der Waals surface area contributed by atoms with E-state index in [0.717, 1.165) is 11.1 Å². The molecule has 0 aromatic heterocycles. The van der Waals surface area contributed by atoms with Gasteiger partial charge in [-0.1, -0.05) is 68.2 Å². The van der Waals surface area contributed by atoms with Gasteiger partial charge in [-0.15, -0.1) is 0 Å². The molecule has 0 aliphatic carbocycles. The van der Waals surface area contributed by atoms with Crippen LogP contribution >= 0.6 is 23.2 Å². The van der Waals surface area contributed by atoms with Crippen molar-refractivity contribution in [2.24, 2.45) is 5.92 Å². The van der Waals surface area contributed by atoms with Gasteiger partial charge >= 0.3 is 0 Å². The lowest BCUT2D eigenvalue weighted by Crippen LogP contribution is -2.50. The molecule has 0 radical (unpaired) electrons. The number of halogens is 2. The Bertz CT molecular complexity index is 805. The molecule has 0 spiro atoms. The fourth-order valence-electron chi connectivity index (χ4n) is 3.01. The molecule has 156 valence electrons. The number of hydrogen-bond acceptors (Lipinski definition) is 2. The molecule has 2 amide bonds. The van der Waals surface area contributed by atoms with Crippen LogP contribution in [0.1, 0.15) is 38.3 Å². The number of carbonyl (C=O) groups excluding carboxylic acids is 2. The van der Waals surface area contributed by atoms with E-state index in [4.69, 9.17) is 23.2 Å². The second-order valence-electron chi connectivity index (χ2n) is 7.51. The second-order valence-corrected chi connectivity index (χ2v) is 8.39.